The molecule has 142 valence electrons. The van der Waals surface area contributed by atoms with Crippen LogP contribution in [0.5, 0.6) is 0 Å². The van der Waals surface area contributed by atoms with Crippen LogP contribution in [0.15, 0.2) is 36.4 Å². The zero-order valence-electron chi connectivity index (χ0n) is 16.0. The Morgan fingerprint density at radius 3 is 2.89 bits per heavy atom. The molecule has 1 aromatic heterocycles. The Kier molecular flexibility index (Phi) is 5.03. The predicted molar refractivity (Wildman–Crippen MR) is 102 cm³/mol. The molecule has 1 amide bonds. The van der Waals surface area contributed by atoms with E-state index in [0.29, 0.717) is 19.0 Å². The Morgan fingerprint density at radius 1 is 1.26 bits per heavy atom. The van der Waals surface area contributed by atoms with Gasteiger partial charge < -0.3 is 4.90 Å². The van der Waals surface area contributed by atoms with Crippen molar-refractivity contribution < 1.29 is 4.79 Å². The highest BCUT2D eigenvalue weighted by molar-refractivity contribution is 5.77. The Hall–Kier alpha value is -2.54. The van der Waals surface area contributed by atoms with E-state index in [1.165, 1.54) is 11.1 Å². The molecule has 27 heavy (non-hydrogen) atoms. The van der Waals surface area contributed by atoms with Crippen molar-refractivity contribution in [2.75, 3.05) is 13.1 Å². The van der Waals surface area contributed by atoms with Crippen LogP contribution in [0.3, 0.4) is 0 Å². The molecule has 0 bridgehead atoms. The van der Waals surface area contributed by atoms with Gasteiger partial charge in [0.1, 0.15) is 6.54 Å². The summed E-state index contributed by atoms with van der Waals surface area (Å²) in [5.41, 5.74) is 2.78. The van der Waals surface area contributed by atoms with E-state index in [0.717, 1.165) is 25.3 Å². The van der Waals surface area contributed by atoms with E-state index >= 15 is 0 Å². The largest absolute Gasteiger partial charge is 0.331 e. The number of amides is 1. The van der Waals surface area contributed by atoms with Gasteiger partial charge in [-0.1, -0.05) is 50.3 Å². The summed E-state index contributed by atoms with van der Waals surface area (Å²) in [5.74, 6) is 1.21. The molecule has 0 N–H and O–H groups in total. The summed E-state index contributed by atoms with van der Waals surface area (Å²) in [6.45, 7) is 7.65. The van der Waals surface area contributed by atoms with Gasteiger partial charge >= 0.3 is 0 Å². The third kappa shape index (κ3) is 3.78. The number of carbonyl (C=O) groups excluding carboxylic acids is 1. The van der Waals surface area contributed by atoms with Crippen LogP contribution in [0.4, 0.5) is 0 Å². The molecule has 2 aromatic rings. The fourth-order valence-corrected chi connectivity index (χ4v) is 3.96. The van der Waals surface area contributed by atoms with Crippen molar-refractivity contribution in [1.29, 1.82) is 0 Å². The van der Waals surface area contributed by atoms with E-state index in [2.05, 4.69) is 70.7 Å². The molecule has 0 radical (unpaired) electrons. The van der Waals surface area contributed by atoms with Gasteiger partial charge in [-0.25, -0.2) is 4.68 Å². The second kappa shape index (κ2) is 7.60. The average Bonchev–Trinajstić information content (AvgIpc) is 3.31. The SMILES string of the molecule is CC(C)[C@@H]1C=CCN1C(=O)Cn1nnnc1CN1CCc2ccccc2C1. The van der Waals surface area contributed by atoms with Crippen LogP contribution >= 0.6 is 0 Å². The van der Waals surface area contributed by atoms with Crippen molar-refractivity contribution in [2.24, 2.45) is 5.92 Å². The number of benzene rings is 1. The number of rotatable bonds is 5. The van der Waals surface area contributed by atoms with Gasteiger partial charge in [0.2, 0.25) is 5.91 Å². The highest BCUT2D eigenvalue weighted by Crippen LogP contribution is 2.20. The van der Waals surface area contributed by atoms with Gasteiger partial charge in [0.05, 0.1) is 12.6 Å². The molecule has 0 spiro atoms. The van der Waals surface area contributed by atoms with Crippen molar-refractivity contribution in [3.63, 3.8) is 0 Å². The third-order valence-electron chi connectivity index (χ3n) is 5.46. The Balaban J connectivity index is 1.41. The van der Waals surface area contributed by atoms with E-state index in [9.17, 15) is 4.79 Å². The minimum absolute atomic E-state index is 0.0660. The standard InChI is InChI=1S/C20H26N6O/c1-15(2)18-8-5-10-25(18)20(27)14-26-19(21-22-23-26)13-24-11-9-16-6-3-4-7-17(16)12-24/h3-8,15,18H,9-14H2,1-2H3/t18-/m0/s1. The molecule has 1 atom stereocenters. The van der Waals surface area contributed by atoms with Gasteiger partial charge in [-0.05, 0) is 33.9 Å². The van der Waals surface area contributed by atoms with Crippen LogP contribution in [0.2, 0.25) is 0 Å². The second-order valence-corrected chi connectivity index (χ2v) is 7.69. The van der Waals surface area contributed by atoms with Crippen LogP contribution in [-0.4, -0.2) is 55.0 Å². The van der Waals surface area contributed by atoms with Crippen molar-refractivity contribution in [3.8, 4) is 0 Å². The number of tetrazole rings is 1. The van der Waals surface area contributed by atoms with E-state index in [1.807, 2.05) is 4.90 Å². The molecule has 4 rings (SSSR count). The molecular formula is C20H26N6O. The van der Waals surface area contributed by atoms with Crippen LogP contribution < -0.4 is 0 Å². The molecule has 2 aliphatic rings. The molecule has 0 aliphatic carbocycles. The summed E-state index contributed by atoms with van der Waals surface area (Å²) in [6, 6.07) is 8.72. The number of hydrogen-bond donors (Lipinski definition) is 0. The van der Waals surface area contributed by atoms with Crippen molar-refractivity contribution in [1.82, 2.24) is 30.0 Å². The first-order valence-corrected chi connectivity index (χ1v) is 9.62. The van der Waals surface area contributed by atoms with Crippen LogP contribution in [-0.2, 0) is 30.8 Å². The van der Waals surface area contributed by atoms with E-state index < -0.39 is 0 Å². The lowest BCUT2D eigenvalue weighted by Gasteiger charge is -2.29. The van der Waals surface area contributed by atoms with Gasteiger partial charge in [-0.3, -0.25) is 9.69 Å². The summed E-state index contributed by atoms with van der Waals surface area (Å²) in [5, 5.41) is 12.1. The van der Waals surface area contributed by atoms with E-state index in [1.54, 1.807) is 4.68 Å². The smallest absolute Gasteiger partial charge is 0.245 e. The number of fused-ring (bicyclic) bond motifs is 1. The lowest BCUT2D eigenvalue weighted by molar-refractivity contribution is -0.133. The summed E-state index contributed by atoms with van der Waals surface area (Å²) in [4.78, 5) is 17.0. The van der Waals surface area contributed by atoms with Crippen LogP contribution in [0, 0.1) is 5.92 Å². The first-order valence-electron chi connectivity index (χ1n) is 9.62. The summed E-state index contributed by atoms with van der Waals surface area (Å²) in [6.07, 6.45) is 5.22. The van der Waals surface area contributed by atoms with Gasteiger partial charge in [0, 0.05) is 19.6 Å². The monoisotopic (exact) mass is 366 g/mol. The molecule has 2 aliphatic heterocycles. The number of nitrogens with zero attached hydrogens (tertiary/aromatic N) is 6. The lowest BCUT2D eigenvalue weighted by atomic mass is 10.00. The lowest BCUT2D eigenvalue weighted by Crippen LogP contribution is -2.41. The molecule has 1 aromatic carbocycles. The summed E-state index contributed by atoms with van der Waals surface area (Å²) >= 11 is 0. The Bertz CT molecular complexity index is 843. The summed E-state index contributed by atoms with van der Waals surface area (Å²) < 4.78 is 1.65. The third-order valence-corrected chi connectivity index (χ3v) is 5.46. The quantitative estimate of drug-likeness (QED) is 0.753. The second-order valence-electron chi connectivity index (χ2n) is 7.69. The average molecular weight is 366 g/mol. The molecule has 3 heterocycles. The van der Waals surface area contributed by atoms with Crippen LogP contribution in [0.25, 0.3) is 0 Å². The Morgan fingerprint density at radius 2 is 2.07 bits per heavy atom. The molecule has 0 saturated heterocycles. The summed E-state index contributed by atoms with van der Waals surface area (Å²) in [7, 11) is 0. The molecule has 0 saturated carbocycles. The van der Waals surface area contributed by atoms with Crippen molar-refractivity contribution >= 4 is 5.91 Å². The topological polar surface area (TPSA) is 67.2 Å². The number of carbonyl (C=O) groups is 1. The minimum Gasteiger partial charge on any atom is -0.331 e. The van der Waals surface area contributed by atoms with Gasteiger partial charge in [-0.15, -0.1) is 5.10 Å². The molecule has 0 unspecified atom stereocenters. The molecule has 7 nitrogen and oxygen atoms in total. The molecule has 7 heteroatoms. The normalized spacial score (nSPS) is 19.7. The maximum absolute atomic E-state index is 12.8. The maximum Gasteiger partial charge on any atom is 0.245 e. The fourth-order valence-electron chi connectivity index (χ4n) is 3.96. The zero-order chi connectivity index (χ0) is 18.8. The molecule has 0 fully saturated rings. The fraction of sp³-hybridized carbons (Fsp3) is 0.500. The maximum atomic E-state index is 12.8. The van der Waals surface area contributed by atoms with Crippen LogP contribution in [0.1, 0.15) is 30.8 Å². The van der Waals surface area contributed by atoms with E-state index in [4.69, 9.17) is 0 Å². The van der Waals surface area contributed by atoms with Gasteiger partial charge in [0.15, 0.2) is 5.82 Å². The van der Waals surface area contributed by atoms with Crippen molar-refractivity contribution in [3.05, 3.63) is 53.4 Å². The zero-order valence-corrected chi connectivity index (χ0v) is 16.0. The number of hydrogen-bond acceptors (Lipinski definition) is 5. The highest BCUT2D eigenvalue weighted by Gasteiger charge is 2.28. The van der Waals surface area contributed by atoms with Crippen molar-refractivity contribution in [2.45, 2.75) is 45.9 Å². The minimum atomic E-state index is 0.0660. The van der Waals surface area contributed by atoms with E-state index in [-0.39, 0.29) is 18.5 Å². The first-order chi connectivity index (χ1) is 13.1. The first kappa shape index (κ1) is 17.9. The highest BCUT2D eigenvalue weighted by atomic mass is 16.2. The van der Waals surface area contributed by atoms with Gasteiger partial charge in [-0.2, -0.15) is 0 Å². The predicted octanol–water partition coefficient (Wildman–Crippen LogP) is 1.65. The number of aromatic nitrogens is 4. The van der Waals surface area contributed by atoms with Gasteiger partial charge in [0.25, 0.3) is 0 Å². The molecular weight excluding hydrogens is 340 g/mol. The Labute approximate surface area is 159 Å².